The van der Waals surface area contributed by atoms with Crippen LogP contribution >= 0.6 is 0 Å². The number of esters is 1. The summed E-state index contributed by atoms with van der Waals surface area (Å²) in [6.45, 7) is 8.89. The molecule has 2 rings (SSSR count). The SMILES string of the molecule is Cc1cc(C(=O)OCc2nc(C(C)(C)C)no2)cc(S(N)(=O)=O)c1C. The van der Waals surface area contributed by atoms with Gasteiger partial charge in [0.05, 0.1) is 10.5 Å². The normalized spacial score (nSPS) is 12.2. The minimum absolute atomic E-state index is 0.0858. The van der Waals surface area contributed by atoms with Crippen LogP contribution in [0.5, 0.6) is 0 Å². The van der Waals surface area contributed by atoms with Gasteiger partial charge in [0.2, 0.25) is 10.0 Å². The van der Waals surface area contributed by atoms with Crippen molar-refractivity contribution in [3.63, 3.8) is 0 Å². The van der Waals surface area contributed by atoms with Crippen LogP contribution < -0.4 is 5.14 Å². The molecule has 0 aliphatic heterocycles. The number of benzene rings is 1. The molecule has 1 aromatic carbocycles. The molecule has 2 aromatic rings. The molecule has 0 amide bonds. The third-order valence-electron chi connectivity index (χ3n) is 3.63. The van der Waals surface area contributed by atoms with Crippen LogP contribution in [0.15, 0.2) is 21.6 Å². The number of sulfonamides is 1. The monoisotopic (exact) mass is 367 g/mol. The van der Waals surface area contributed by atoms with Crippen LogP contribution in [-0.4, -0.2) is 24.5 Å². The average molecular weight is 367 g/mol. The first-order chi connectivity index (χ1) is 11.4. The summed E-state index contributed by atoms with van der Waals surface area (Å²) in [4.78, 5) is 16.3. The molecule has 8 nitrogen and oxygen atoms in total. The van der Waals surface area contributed by atoms with Gasteiger partial charge >= 0.3 is 5.97 Å². The Bertz CT molecular complexity index is 910. The van der Waals surface area contributed by atoms with E-state index in [1.165, 1.54) is 6.07 Å². The average Bonchev–Trinajstić information content (AvgIpc) is 2.95. The van der Waals surface area contributed by atoms with Gasteiger partial charge in [0.25, 0.3) is 5.89 Å². The fraction of sp³-hybridized carbons (Fsp3) is 0.438. The lowest BCUT2D eigenvalue weighted by molar-refractivity contribution is 0.0429. The van der Waals surface area contributed by atoms with Gasteiger partial charge in [-0.1, -0.05) is 25.9 Å². The van der Waals surface area contributed by atoms with Crippen molar-refractivity contribution in [1.82, 2.24) is 10.1 Å². The lowest BCUT2D eigenvalue weighted by Gasteiger charge is -2.11. The van der Waals surface area contributed by atoms with E-state index < -0.39 is 16.0 Å². The molecule has 0 aliphatic rings. The number of rotatable bonds is 4. The van der Waals surface area contributed by atoms with Crippen molar-refractivity contribution in [2.75, 3.05) is 0 Å². The molecular formula is C16H21N3O5S. The molecule has 0 aliphatic carbocycles. The summed E-state index contributed by atoms with van der Waals surface area (Å²) in [5.41, 5.74) is 0.907. The molecule has 136 valence electrons. The molecule has 25 heavy (non-hydrogen) atoms. The topological polar surface area (TPSA) is 125 Å². The van der Waals surface area contributed by atoms with Gasteiger partial charge in [-0.05, 0) is 37.1 Å². The fourth-order valence-corrected chi connectivity index (χ4v) is 2.95. The minimum atomic E-state index is -3.94. The van der Waals surface area contributed by atoms with E-state index in [0.717, 1.165) is 0 Å². The molecule has 2 N–H and O–H groups in total. The summed E-state index contributed by atoms with van der Waals surface area (Å²) in [6, 6.07) is 2.75. The first kappa shape index (κ1) is 19.1. The Kier molecular flexibility index (Phi) is 5.01. The van der Waals surface area contributed by atoms with Crippen LogP contribution in [0.25, 0.3) is 0 Å². The molecule has 0 saturated carbocycles. The van der Waals surface area contributed by atoms with Crippen molar-refractivity contribution in [1.29, 1.82) is 0 Å². The van der Waals surface area contributed by atoms with Crippen LogP contribution in [0.1, 0.15) is 54.0 Å². The Balaban J connectivity index is 2.19. The van der Waals surface area contributed by atoms with Crippen molar-refractivity contribution in [2.24, 2.45) is 5.14 Å². The Labute approximate surface area is 146 Å². The van der Waals surface area contributed by atoms with E-state index in [1.807, 2.05) is 20.8 Å². The largest absolute Gasteiger partial charge is 0.452 e. The van der Waals surface area contributed by atoms with E-state index in [9.17, 15) is 13.2 Å². The maximum atomic E-state index is 12.2. The van der Waals surface area contributed by atoms with Crippen molar-refractivity contribution in [2.45, 2.75) is 51.5 Å². The Morgan fingerprint density at radius 1 is 1.28 bits per heavy atom. The lowest BCUT2D eigenvalue weighted by atomic mass is 9.96. The van der Waals surface area contributed by atoms with Crippen LogP contribution in [0.3, 0.4) is 0 Å². The molecular weight excluding hydrogens is 346 g/mol. The highest BCUT2D eigenvalue weighted by Crippen LogP contribution is 2.21. The predicted molar refractivity (Wildman–Crippen MR) is 89.4 cm³/mol. The quantitative estimate of drug-likeness (QED) is 0.819. The standard InChI is InChI=1S/C16H21N3O5S/c1-9-6-11(7-12(10(9)2)25(17,21)22)14(20)23-8-13-18-15(19-24-13)16(3,4)5/h6-7H,8H2,1-5H3,(H2,17,21,22). The van der Waals surface area contributed by atoms with Gasteiger partial charge in [0.1, 0.15) is 0 Å². The number of nitrogens with zero attached hydrogens (tertiary/aromatic N) is 2. The van der Waals surface area contributed by atoms with Gasteiger partial charge in [0.15, 0.2) is 12.4 Å². The zero-order valence-electron chi connectivity index (χ0n) is 14.8. The molecule has 1 aromatic heterocycles. The molecule has 1 heterocycles. The Morgan fingerprint density at radius 3 is 2.44 bits per heavy atom. The minimum Gasteiger partial charge on any atom is -0.452 e. The van der Waals surface area contributed by atoms with Crippen molar-refractivity contribution in [3.8, 4) is 0 Å². The highest BCUT2D eigenvalue weighted by molar-refractivity contribution is 7.89. The van der Waals surface area contributed by atoms with Gasteiger partial charge in [-0.2, -0.15) is 4.98 Å². The summed E-state index contributed by atoms with van der Waals surface area (Å²) in [6.07, 6.45) is 0. The van der Waals surface area contributed by atoms with Crippen LogP contribution in [0.4, 0.5) is 0 Å². The highest BCUT2D eigenvalue weighted by atomic mass is 32.2. The molecule has 0 spiro atoms. The number of hydrogen-bond donors (Lipinski definition) is 1. The van der Waals surface area contributed by atoms with E-state index in [1.54, 1.807) is 19.9 Å². The fourth-order valence-electron chi connectivity index (χ4n) is 2.07. The van der Waals surface area contributed by atoms with Gasteiger partial charge in [-0.3, -0.25) is 0 Å². The number of ether oxygens (including phenoxy) is 1. The molecule has 0 radical (unpaired) electrons. The number of carbonyl (C=O) groups is 1. The second-order valence-electron chi connectivity index (χ2n) is 6.80. The molecule has 0 bridgehead atoms. The molecule has 0 atom stereocenters. The van der Waals surface area contributed by atoms with Crippen molar-refractivity contribution >= 4 is 16.0 Å². The molecule has 9 heteroatoms. The second kappa shape index (κ2) is 6.57. The number of aryl methyl sites for hydroxylation is 1. The molecule has 0 fully saturated rings. The zero-order chi connectivity index (χ0) is 19.0. The van der Waals surface area contributed by atoms with E-state index in [2.05, 4.69) is 10.1 Å². The number of carbonyl (C=O) groups excluding carboxylic acids is 1. The summed E-state index contributed by atoms with van der Waals surface area (Å²) in [7, 11) is -3.94. The van der Waals surface area contributed by atoms with Crippen molar-refractivity contribution < 1.29 is 22.5 Å². The van der Waals surface area contributed by atoms with Gasteiger partial charge < -0.3 is 9.26 Å². The van der Waals surface area contributed by atoms with Crippen LogP contribution in [-0.2, 0) is 26.8 Å². The highest BCUT2D eigenvalue weighted by Gasteiger charge is 2.22. The summed E-state index contributed by atoms with van der Waals surface area (Å²) < 4.78 is 33.5. The predicted octanol–water partition coefficient (Wildman–Crippen LogP) is 1.99. The smallest absolute Gasteiger partial charge is 0.338 e. The second-order valence-corrected chi connectivity index (χ2v) is 8.33. The first-order valence-electron chi connectivity index (χ1n) is 7.54. The summed E-state index contributed by atoms with van der Waals surface area (Å²) in [5.74, 6) is -0.0430. The zero-order valence-corrected chi connectivity index (χ0v) is 15.6. The van der Waals surface area contributed by atoms with Crippen molar-refractivity contribution in [3.05, 3.63) is 40.5 Å². The third kappa shape index (κ3) is 4.43. The van der Waals surface area contributed by atoms with E-state index in [4.69, 9.17) is 14.4 Å². The summed E-state index contributed by atoms with van der Waals surface area (Å²) in [5, 5.41) is 9.03. The van der Waals surface area contributed by atoms with Crippen LogP contribution in [0, 0.1) is 13.8 Å². The molecule has 0 saturated heterocycles. The first-order valence-corrected chi connectivity index (χ1v) is 9.08. The van der Waals surface area contributed by atoms with Gasteiger partial charge in [-0.25, -0.2) is 18.4 Å². The van der Waals surface area contributed by atoms with Gasteiger partial charge in [-0.15, -0.1) is 0 Å². The van der Waals surface area contributed by atoms with E-state index in [-0.39, 0.29) is 28.4 Å². The van der Waals surface area contributed by atoms with Gasteiger partial charge in [0, 0.05) is 5.41 Å². The van der Waals surface area contributed by atoms with E-state index in [0.29, 0.717) is 17.0 Å². The van der Waals surface area contributed by atoms with Crippen LogP contribution in [0.2, 0.25) is 0 Å². The maximum absolute atomic E-state index is 12.2. The molecule has 0 unspecified atom stereocenters. The number of aromatic nitrogens is 2. The Morgan fingerprint density at radius 2 is 1.92 bits per heavy atom. The van der Waals surface area contributed by atoms with E-state index >= 15 is 0 Å². The number of primary sulfonamides is 1. The number of hydrogen-bond acceptors (Lipinski definition) is 7. The Hall–Kier alpha value is -2.26. The third-order valence-corrected chi connectivity index (χ3v) is 4.66. The maximum Gasteiger partial charge on any atom is 0.338 e. The lowest BCUT2D eigenvalue weighted by Crippen LogP contribution is -2.16. The summed E-state index contributed by atoms with van der Waals surface area (Å²) >= 11 is 0. The number of nitrogens with two attached hydrogens (primary N) is 1.